The van der Waals surface area contributed by atoms with Crippen LogP contribution in [0.5, 0.6) is 5.75 Å². The van der Waals surface area contributed by atoms with Gasteiger partial charge in [-0.25, -0.2) is 0 Å². The van der Waals surface area contributed by atoms with E-state index in [9.17, 15) is 14.9 Å². The van der Waals surface area contributed by atoms with Crippen LogP contribution in [-0.4, -0.2) is 28.5 Å². The number of carbonyl (C=O) groups is 2. The van der Waals surface area contributed by atoms with Crippen LogP contribution in [0.2, 0.25) is 0 Å². The summed E-state index contributed by atoms with van der Waals surface area (Å²) in [7, 11) is 1.61. The fourth-order valence-electron chi connectivity index (χ4n) is 3.12. The van der Waals surface area contributed by atoms with Crippen LogP contribution in [0.15, 0.2) is 60.4 Å². The number of rotatable bonds is 5. The van der Waals surface area contributed by atoms with Gasteiger partial charge in [0.1, 0.15) is 17.4 Å². The zero-order valence-corrected chi connectivity index (χ0v) is 17.3. The van der Waals surface area contributed by atoms with Crippen molar-refractivity contribution in [3.63, 3.8) is 0 Å². The summed E-state index contributed by atoms with van der Waals surface area (Å²) in [5.74, 6) is -0.492. The predicted molar refractivity (Wildman–Crippen MR) is 115 cm³/mol. The van der Waals surface area contributed by atoms with Crippen molar-refractivity contribution in [3.05, 3.63) is 82.9 Å². The molecule has 31 heavy (non-hydrogen) atoms. The smallest absolute Gasteiger partial charge is 0.280 e. The fourth-order valence-corrected chi connectivity index (χ4v) is 3.12. The van der Waals surface area contributed by atoms with Crippen molar-refractivity contribution in [3.8, 4) is 17.5 Å². The summed E-state index contributed by atoms with van der Waals surface area (Å²) in [6.45, 7) is 3.84. The summed E-state index contributed by atoms with van der Waals surface area (Å²) < 4.78 is 7.22. The number of aryl methyl sites for hydroxylation is 1. The summed E-state index contributed by atoms with van der Waals surface area (Å²) in [4.78, 5) is 28.3. The molecule has 0 aliphatic carbocycles. The van der Waals surface area contributed by atoms with Crippen molar-refractivity contribution < 1.29 is 14.3 Å². The molecular weight excluding hydrogens is 394 g/mol. The number of ether oxygens (including phenoxy) is 1. The average Bonchev–Trinajstić information content (AvgIpc) is 3.08. The average molecular weight is 415 g/mol. The zero-order valence-electron chi connectivity index (χ0n) is 17.3. The van der Waals surface area contributed by atoms with Crippen LogP contribution in [0, 0.1) is 25.2 Å². The van der Waals surface area contributed by atoms with Gasteiger partial charge in [0.2, 0.25) is 0 Å². The molecule has 3 aromatic rings. The van der Waals surface area contributed by atoms with E-state index in [0.29, 0.717) is 0 Å². The Morgan fingerprint density at radius 2 is 1.90 bits per heavy atom. The second-order valence-electron chi connectivity index (χ2n) is 6.68. The van der Waals surface area contributed by atoms with Crippen LogP contribution in [-0.2, 0) is 4.79 Å². The van der Waals surface area contributed by atoms with E-state index in [0.717, 1.165) is 28.4 Å². The monoisotopic (exact) mass is 415 g/mol. The number of carbonyl (C=O) groups excluding carboxylic acids is 2. The second-order valence-corrected chi connectivity index (χ2v) is 6.68. The molecule has 8 heteroatoms. The Labute approximate surface area is 179 Å². The first-order valence-corrected chi connectivity index (χ1v) is 9.40. The van der Waals surface area contributed by atoms with Gasteiger partial charge in [-0.3, -0.25) is 25.4 Å². The third-order valence-corrected chi connectivity index (χ3v) is 4.68. The number of methoxy groups -OCH3 is 1. The molecule has 3 rings (SSSR count). The minimum absolute atomic E-state index is 0.138. The number of hydrogen-bond acceptors (Lipinski definition) is 5. The van der Waals surface area contributed by atoms with E-state index < -0.39 is 11.8 Å². The van der Waals surface area contributed by atoms with Gasteiger partial charge in [-0.15, -0.1) is 0 Å². The Balaban J connectivity index is 1.79. The predicted octanol–water partition coefficient (Wildman–Crippen LogP) is 2.87. The van der Waals surface area contributed by atoms with E-state index in [1.807, 2.05) is 54.8 Å². The highest BCUT2D eigenvalue weighted by molar-refractivity contribution is 6.03. The molecule has 0 saturated carbocycles. The Bertz CT molecular complexity index is 1170. The first-order chi connectivity index (χ1) is 14.9. The molecule has 2 heterocycles. The topological polar surface area (TPSA) is 109 Å². The first-order valence-electron chi connectivity index (χ1n) is 9.40. The molecule has 0 fully saturated rings. The normalized spacial score (nSPS) is 10.8. The lowest BCUT2D eigenvalue weighted by Gasteiger charge is -2.10. The van der Waals surface area contributed by atoms with Crippen molar-refractivity contribution in [2.45, 2.75) is 13.8 Å². The number of hydrazine groups is 1. The highest BCUT2D eigenvalue weighted by Gasteiger charge is 2.15. The minimum Gasteiger partial charge on any atom is -0.497 e. The zero-order chi connectivity index (χ0) is 22.4. The van der Waals surface area contributed by atoms with Crippen molar-refractivity contribution in [2.75, 3.05) is 7.11 Å². The maximum Gasteiger partial charge on any atom is 0.280 e. The molecule has 0 aliphatic heterocycles. The molecule has 0 bridgehead atoms. The molecule has 1 aromatic carbocycles. The number of aromatic nitrogens is 2. The van der Waals surface area contributed by atoms with Gasteiger partial charge in [0, 0.05) is 29.5 Å². The van der Waals surface area contributed by atoms with Crippen LogP contribution >= 0.6 is 0 Å². The molecule has 0 atom stereocenters. The molecule has 0 saturated heterocycles. The third kappa shape index (κ3) is 4.79. The second kappa shape index (κ2) is 9.41. The van der Waals surface area contributed by atoms with Crippen molar-refractivity contribution in [2.24, 2.45) is 0 Å². The molecule has 156 valence electrons. The van der Waals surface area contributed by atoms with Crippen LogP contribution in [0.1, 0.15) is 27.3 Å². The molecule has 2 aromatic heterocycles. The van der Waals surface area contributed by atoms with E-state index in [1.54, 1.807) is 19.2 Å². The number of amides is 2. The van der Waals surface area contributed by atoms with Crippen molar-refractivity contribution in [1.82, 2.24) is 20.4 Å². The molecular formula is C23H21N5O3. The third-order valence-electron chi connectivity index (χ3n) is 4.68. The maximum atomic E-state index is 12.4. The number of nitrogens with zero attached hydrogens (tertiary/aromatic N) is 3. The van der Waals surface area contributed by atoms with Gasteiger partial charge in [-0.2, -0.15) is 5.26 Å². The van der Waals surface area contributed by atoms with Gasteiger partial charge in [0.05, 0.1) is 12.7 Å². The van der Waals surface area contributed by atoms with Crippen LogP contribution in [0.25, 0.3) is 11.8 Å². The minimum atomic E-state index is -0.714. The molecule has 0 aliphatic rings. The number of nitrogens with one attached hydrogen (secondary N) is 2. The summed E-state index contributed by atoms with van der Waals surface area (Å²) in [5, 5.41) is 9.46. The quantitative estimate of drug-likeness (QED) is 0.378. The number of hydrogen-bond donors (Lipinski definition) is 2. The highest BCUT2D eigenvalue weighted by Crippen LogP contribution is 2.24. The Morgan fingerprint density at radius 1 is 1.16 bits per heavy atom. The number of pyridine rings is 1. The van der Waals surface area contributed by atoms with Gasteiger partial charge in [0.15, 0.2) is 0 Å². The lowest BCUT2D eigenvalue weighted by Crippen LogP contribution is -2.42. The lowest BCUT2D eigenvalue weighted by molar-refractivity contribution is -0.117. The number of benzene rings is 1. The maximum absolute atomic E-state index is 12.4. The molecule has 0 spiro atoms. The fraction of sp³-hybridized carbons (Fsp3) is 0.130. The first kappa shape index (κ1) is 21.3. The SMILES string of the molecule is COc1ccc(-n2c(C)cc(/C=C(/C#N)C(=O)NNC(=O)c3cccnc3)c2C)cc1. The summed E-state index contributed by atoms with van der Waals surface area (Å²) in [5.41, 5.74) is 8.15. The summed E-state index contributed by atoms with van der Waals surface area (Å²) in [6.07, 6.45) is 4.40. The lowest BCUT2D eigenvalue weighted by atomic mass is 10.1. The Hall–Kier alpha value is -4.38. The van der Waals surface area contributed by atoms with Gasteiger partial charge in [0.25, 0.3) is 11.8 Å². The van der Waals surface area contributed by atoms with Crippen molar-refractivity contribution in [1.29, 1.82) is 5.26 Å². The number of nitriles is 1. The molecule has 2 N–H and O–H groups in total. The van der Waals surface area contributed by atoms with Crippen molar-refractivity contribution >= 4 is 17.9 Å². The molecule has 2 amide bonds. The van der Waals surface area contributed by atoms with Crippen LogP contribution in [0.3, 0.4) is 0 Å². The van der Waals surface area contributed by atoms with E-state index in [-0.39, 0.29) is 11.1 Å². The highest BCUT2D eigenvalue weighted by atomic mass is 16.5. The summed E-state index contributed by atoms with van der Waals surface area (Å²) in [6, 6.07) is 14.5. The van der Waals surface area contributed by atoms with E-state index in [2.05, 4.69) is 15.8 Å². The van der Waals surface area contributed by atoms with E-state index in [4.69, 9.17) is 4.74 Å². The van der Waals surface area contributed by atoms with Crippen LogP contribution < -0.4 is 15.6 Å². The van der Waals surface area contributed by atoms with Gasteiger partial charge in [-0.1, -0.05) is 0 Å². The molecule has 8 nitrogen and oxygen atoms in total. The van der Waals surface area contributed by atoms with E-state index >= 15 is 0 Å². The van der Waals surface area contributed by atoms with E-state index in [1.165, 1.54) is 18.5 Å². The Morgan fingerprint density at radius 3 is 2.52 bits per heavy atom. The van der Waals surface area contributed by atoms with Gasteiger partial charge in [-0.05, 0) is 68.0 Å². The Kier molecular flexibility index (Phi) is 6.48. The standard InChI is InChI=1S/C23H21N5O3/c1-15-11-18(16(2)28(15)20-6-8-21(31-3)9-7-20)12-19(13-24)23(30)27-26-22(29)17-5-4-10-25-14-17/h4-12,14H,1-3H3,(H,26,29)(H,27,30)/b19-12-. The largest absolute Gasteiger partial charge is 0.497 e. The molecule has 0 unspecified atom stereocenters. The molecule has 0 radical (unpaired) electrons. The van der Waals surface area contributed by atoms with Crippen LogP contribution in [0.4, 0.5) is 0 Å². The summed E-state index contributed by atoms with van der Waals surface area (Å²) >= 11 is 0. The van der Waals surface area contributed by atoms with Gasteiger partial charge >= 0.3 is 0 Å². The van der Waals surface area contributed by atoms with Gasteiger partial charge < -0.3 is 9.30 Å².